The number of piperidine rings is 1. The summed E-state index contributed by atoms with van der Waals surface area (Å²) >= 11 is 0. The first-order valence-electron chi connectivity index (χ1n) is 6.85. The van der Waals surface area contributed by atoms with Crippen LogP contribution in [0.3, 0.4) is 0 Å². The SMILES string of the molecule is COC1CCN(C(=O)N2CCCC(C)C2C(=O)O)C1. The lowest BCUT2D eigenvalue weighted by Gasteiger charge is -2.39. The van der Waals surface area contributed by atoms with Crippen LogP contribution in [0.2, 0.25) is 0 Å². The van der Waals surface area contributed by atoms with E-state index in [4.69, 9.17) is 4.74 Å². The fourth-order valence-electron chi connectivity index (χ4n) is 3.06. The van der Waals surface area contributed by atoms with Gasteiger partial charge < -0.3 is 19.6 Å². The first-order valence-corrected chi connectivity index (χ1v) is 6.85. The van der Waals surface area contributed by atoms with Gasteiger partial charge in [0.15, 0.2) is 0 Å². The molecule has 2 heterocycles. The molecule has 0 radical (unpaired) electrons. The molecule has 2 fully saturated rings. The van der Waals surface area contributed by atoms with E-state index in [-0.39, 0.29) is 18.1 Å². The van der Waals surface area contributed by atoms with Gasteiger partial charge in [-0.1, -0.05) is 6.92 Å². The van der Waals surface area contributed by atoms with E-state index in [1.807, 2.05) is 6.92 Å². The molecule has 108 valence electrons. The molecule has 2 saturated heterocycles. The molecule has 2 rings (SSSR count). The Balaban J connectivity index is 2.06. The number of ether oxygens (including phenoxy) is 1. The van der Waals surface area contributed by atoms with E-state index in [1.165, 1.54) is 4.90 Å². The van der Waals surface area contributed by atoms with Crippen LogP contribution in [0, 0.1) is 5.92 Å². The first kappa shape index (κ1) is 14.1. The van der Waals surface area contributed by atoms with Crippen molar-refractivity contribution in [1.82, 2.24) is 9.80 Å². The number of hydrogen-bond donors (Lipinski definition) is 1. The topological polar surface area (TPSA) is 70.1 Å². The minimum Gasteiger partial charge on any atom is -0.480 e. The molecule has 6 nitrogen and oxygen atoms in total. The molecule has 6 heteroatoms. The molecule has 0 spiro atoms. The minimum absolute atomic E-state index is 0.0102. The van der Waals surface area contributed by atoms with E-state index in [0.29, 0.717) is 19.6 Å². The second-order valence-corrected chi connectivity index (χ2v) is 5.47. The van der Waals surface area contributed by atoms with Crippen molar-refractivity contribution >= 4 is 12.0 Å². The van der Waals surface area contributed by atoms with Crippen LogP contribution in [0.25, 0.3) is 0 Å². The summed E-state index contributed by atoms with van der Waals surface area (Å²) in [5, 5.41) is 9.33. The Bertz CT molecular complexity index is 361. The van der Waals surface area contributed by atoms with Gasteiger partial charge in [-0.05, 0) is 25.2 Å². The largest absolute Gasteiger partial charge is 0.480 e. The Hall–Kier alpha value is -1.30. The molecule has 0 aromatic carbocycles. The Morgan fingerprint density at radius 3 is 2.58 bits per heavy atom. The van der Waals surface area contributed by atoms with Gasteiger partial charge in [-0.15, -0.1) is 0 Å². The van der Waals surface area contributed by atoms with E-state index < -0.39 is 12.0 Å². The Morgan fingerprint density at radius 2 is 2.00 bits per heavy atom. The summed E-state index contributed by atoms with van der Waals surface area (Å²) in [5.41, 5.74) is 0. The summed E-state index contributed by atoms with van der Waals surface area (Å²) in [5.74, 6) is -0.890. The predicted octanol–water partition coefficient (Wildman–Crippen LogP) is 1.01. The summed E-state index contributed by atoms with van der Waals surface area (Å²) in [4.78, 5) is 27.1. The number of rotatable bonds is 2. The molecular weight excluding hydrogens is 248 g/mol. The van der Waals surface area contributed by atoms with Crippen LogP contribution in [-0.2, 0) is 9.53 Å². The molecule has 0 saturated carbocycles. The number of amides is 2. The molecule has 3 atom stereocenters. The van der Waals surface area contributed by atoms with Crippen LogP contribution in [0.5, 0.6) is 0 Å². The van der Waals surface area contributed by atoms with Gasteiger partial charge in [0.1, 0.15) is 6.04 Å². The van der Waals surface area contributed by atoms with Crippen molar-refractivity contribution in [3.05, 3.63) is 0 Å². The minimum atomic E-state index is -0.900. The number of hydrogen-bond acceptors (Lipinski definition) is 3. The van der Waals surface area contributed by atoms with E-state index in [2.05, 4.69) is 0 Å². The quantitative estimate of drug-likeness (QED) is 0.813. The zero-order valence-corrected chi connectivity index (χ0v) is 11.5. The lowest BCUT2D eigenvalue weighted by atomic mass is 9.91. The number of methoxy groups -OCH3 is 1. The van der Waals surface area contributed by atoms with Gasteiger partial charge in [0.2, 0.25) is 0 Å². The van der Waals surface area contributed by atoms with Crippen molar-refractivity contribution in [3.8, 4) is 0 Å². The van der Waals surface area contributed by atoms with Gasteiger partial charge >= 0.3 is 12.0 Å². The van der Waals surface area contributed by atoms with E-state index in [0.717, 1.165) is 19.3 Å². The maximum absolute atomic E-state index is 12.5. The van der Waals surface area contributed by atoms with Gasteiger partial charge in [-0.3, -0.25) is 0 Å². The van der Waals surface area contributed by atoms with Crippen molar-refractivity contribution in [2.24, 2.45) is 5.92 Å². The predicted molar refractivity (Wildman–Crippen MR) is 68.9 cm³/mol. The molecule has 2 aliphatic rings. The van der Waals surface area contributed by atoms with E-state index >= 15 is 0 Å². The Kier molecular flexibility index (Phi) is 4.29. The normalized spacial score (nSPS) is 31.6. The lowest BCUT2D eigenvalue weighted by molar-refractivity contribution is -0.145. The van der Waals surface area contributed by atoms with E-state index in [9.17, 15) is 14.7 Å². The average molecular weight is 270 g/mol. The number of likely N-dealkylation sites (tertiary alicyclic amines) is 2. The standard InChI is InChI=1S/C13H22N2O4/c1-9-4-3-6-15(11(9)12(16)17)13(18)14-7-5-10(8-14)19-2/h9-11H,3-8H2,1-2H3,(H,16,17). The smallest absolute Gasteiger partial charge is 0.326 e. The number of carboxylic acid groups (broad SMARTS) is 1. The monoisotopic (exact) mass is 270 g/mol. The number of carboxylic acids is 1. The van der Waals surface area contributed by atoms with Crippen molar-refractivity contribution in [2.75, 3.05) is 26.7 Å². The summed E-state index contributed by atoms with van der Waals surface area (Å²) in [6.45, 7) is 3.65. The van der Waals surface area contributed by atoms with Crippen LogP contribution < -0.4 is 0 Å². The van der Waals surface area contributed by atoms with Crippen molar-refractivity contribution in [3.63, 3.8) is 0 Å². The maximum Gasteiger partial charge on any atom is 0.326 e. The van der Waals surface area contributed by atoms with Crippen LogP contribution in [0.1, 0.15) is 26.2 Å². The van der Waals surface area contributed by atoms with Crippen molar-refractivity contribution < 1.29 is 19.4 Å². The highest BCUT2D eigenvalue weighted by Gasteiger charge is 2.40. The van der Waals surface area contributed by atoms with Gasteiger partial charge in [0.25, 0.3) is 0 Å². The van der Waals surface area contributed by atoms with Crippen LogP contribution >= 0.6 is 0 Å². The Morgan fingerprint density at radius 1 is 1.26 bits per heavy atom. The zero-order valence-electron chi connectivity index (χ0n) is 11.5. The summed E-state index contributed by atoms with van der Waals surface area (Å²) in [6.07, 6.45) is 2.64. The third-order valence-corrected chi connectivity index (χ3v) is 4.18. The van der Waals surface area contributed by atoms with Crippen molar-refractivity contribution in [1.29, 1.82) is 0 Å². The fourth-order valence-corrected chi connectivity index (χ4v) is 3.06. The number of urea groups is 1. The molecule has 0 aromatic rings. The number of carbonyl (C=O) groups excluding carboxylic acids is 1. The van der Waals surface area contributed by atoms with Crippen LogP contribution in [0.15, 0.2) is 0 Å². The summed E-state index contributed by atoms with van der Waals surface area (Å²) in [6, 6.07) is -0.846. The summed E-state index contributed by atoms with van der Waals surface area (Å²) in [7, 11) is 1.64. The zero-order chi connectivity index (χ0) is 14.0. The second-order valence-electron chi connectivity index (χ2n) is 5.47. The third kappa shape index (κ3) is 2.83. The highest BCUT2D eigenvalue weighted by atomic mass is 16.5. The molecule has 3 unspecified atom stereocenters. The molecule has 0 bridgehead atoms. The summed E-state index contributed by atoms with van der Waals surface area (Å²) < 4.78 is 5.25. The van der Waals surface area contributed by atoms with Gasteiger partial charge in [0, 0.05) is 26.7 Å². The lowest BCUT2D eigenvalue weighted by Crippen LogP contribution is -2.55. The highest BCUT2D eigenvalue weighted by molar-refractivity contribution is 5.83. The Labute approximate surface area is 113 Å². The molecule has 2 aliphatic heterocycles. The molecular formula is C13H22N2O4. The maximum atomic E-state index is 12.5. The van der Waals surface area contributed by atoms with Gasteiger partial charge in [-0.2, -0.15) is 0 Å². The highest BCUT2D eigenvalue weighted by Crippen LogP contribution is 2.26. The van der Waals surface area contributed by atoms with Gasteiger partial charge in [-0.25, -0.2) is 9.59 Å². The van der Waals surface area contributed by atoms with Crippen molar-refractivity contribution in [2.45, 2.75) is 38.3 Å². The first-order chi connectivity index (χ1) is 9.04. The number of nitrogens with zero attached hydrogens (tertiary/aromatic N) is 2. The van der Waals surface area contributed by atoms with Gasteiger partial charge in [0.05, 0.1) is 6.10 Å². The molecule has 1 N–H and O–H groups in total. The second kappa shape index (κ2) is 5.77. The molecule has 0 aromatic heterocycles. The molecule has 19 heavy (non-hydrogen) atoms. The average Bonchev–Trinajstić information content (AvgIpc) is 2.85. The fraction of sp³-hybridized carbons (Fsp3) is 0.846. The van der Waals surface area contributed by atoms with E-state index in [1.54, 1.807) is 12.0 Å². The number of aliphatic carboxylic acids is 1. The number of carbonyl (C=O) groups is 2. The molecule has 0 aliphatic carbocycles. The van der Waals surface area contributed by atoms with Crippen LogP contribution in [0.4, 0.5) is 4.79 Å². The van der Waals surface area contributed by atoms with Crippen LogP contribution in [-0.4, -0.2) is 65.8 Å². The third-order valence-electron chi connectivity index (χ3n) is 4.18. The molecule has 2 amide bonds.